The van der Waals surface area contributed by atoms with Crippen molar-refractivity contribution in [2.45, 2.75) is 56.5 Å². The second kappa shape index (κ2) is 6.16. The number of aliphatic hydroxyl groups is 2. The fourth-order valence-corrected chi connectivity index (χ4v) is 3.10. The van der Waals surface area contributed by atoms with Gasteiger partial charge in [-0.05, 0) is 26.7 Å². The fraction of sp³-hybridized carbons (Fsp3) is 0.786. The van der Waals surface area contributed by atoms with Crippen LogP contribution in [0.25, 0.3) is 0 Å². The van der Waals surface area contributed by atoms with Crippen LogP contribution in [0.2, 0.25) is 0 Å². The summed E-state index contributed by atoms with van der Waals surface area (Å²) in [6, 6.07) is -2.29. The highest BCUT2D eigenvalue weighted by Crippen LogP contribution is 2.39. The zero-order valence-electron chi connectivity index (χ0n) is 13.3. The first-order chi connectivity index (χ1) is 10.6. The lowest BCUT2D eigenvalue weighted by atomic mass is 9.84. The van der Waals surface area contributed by atoms with E-state index in [1.54, 1.807) is 0 Å². The Labute approximate surface area is 134 Å². The van der Waals surface area contributed by atoms with Crippen LogP contribution in [-0.2, 0) is 14.4 Å². The van der Waals surface area contributed by atoms with E-state index in [-0.39, 0.29) is 6.54 Å². The first kappa shape index (κ1) is 17.8. The summed E-state index contributed by atoms with van der Waals surface area (Å²) in [6.07, 6.45) is -1.04. The topological polar surface area (TPSA) is 150 Å². The second-order valence-corrected chi connectivity index (χ2v) is 6.39. The molecule has 2 heterocycles. The van der Waals surface area contributed by atoms with Crippen LogP contribution >= 0.6 is 0 Å². The first-order valence-electron chi connectivity index (χ1n) is 7.68. The summed E-state index contributed by atoms with van der Waals surface area (Å²) < 4.78 is 0. The maximum Gasteiger partial charge on any atom is 0.257 e. The molecule has 2 fully saturated rings. The van der Waals surface area contributed by atoms with Crippen LogP contribution in [0.3, 0.4) is 0 Å². The standard InChI is InChI=1S/C14H24N4O5/c1-7(19)9(15)11(21)17-6-14(13(17)23)4-3-5-18(14)12(22)10(16)8(2)20/h7-10,19-20H,3-6,15-16H2,1-2H3/t7-,8-,9+,10+,14?/m1/s1. The molecule has 2 aliphatic rings. The van der Waals surface area contributed by atoms with Crippen LogP contribution < -0.4 is 11.5 Å². The highest BCUT2D eigenvalue weighted by Gasteiger charge is 2.62. The van der Waals surface area contributed by atoms with Crippen LogP contribution in [0, 0.1) is 0 Å². The number of aliphatic hydroxyl groups excluding tert-OH is 2. The quantitative estimate of drug-likeness (QED) is 0.405. The van der Waals surface area contributed by atoms with E-state index in [4.69, 9.17) is 11.5 Å². The average molecular weight is 328 g/mol. The molecule has 0 bridgehead atoms. The lowest BCUT2D eigenvalue weighted by Crippen LogP contribution is -2.76. The van der Waals surface area contributed by atoms with Crippen molar-refractivity contribution in [1.29, 1.82) is 0 Å². The van der Waals surface area contributed by atoms with E-state index in [9.17, 15) is 24.6 Å². The number of likely N-dealkylation sites (tertiary alicyclic amines) is 2. The predicted octanol–water partition coefficient (Wildman–Crippen LogP) is -2.87. The van der Waals surface area contributed by atoms with E-state index < -0.39 is 47.6 Å². The molecule has 1 spiro atoms. The zero-order valence-corrected chi connectivity index (χ0v) is 13.3. The van der Waals surface area contributed by atoms with Crippen LogP contribution in [-0.4, -0.2) is 80.7 Å². The molecule has 9 nitrogen and oxygen atoms in total. The molecule has 0 aromatic heterocycles. The highest BCUT2D eigenvalue weighted by molar-refractivity contribution is 6.09. The lowest BCUT2D eigenvalue weighted by molar-refractivity contribution is -0.175. The van der Waals surface area contributed by atoms with Crippen LogP contribution in [0.1, 0.15) is 26.7 Å². The van der Waals surface area contributed by atoms with Gasteiger partial charge in [-0.25, -0.2) is 0 Å². The Morgan fingerprint density at radius 1 is 1.13 bits per heavy atom. The fourth-order valence-electron chi connectivity index (χ4n) is 3.10. The number of nitrogens with zero attached hydrogens (tertiary/aromatic N) is 2. The minimum Gasteiger partial charge on any atom is -0.391 e. The summed E-state index contributed by atoms with van der Waals surface area (Å²) in [5, 5.41) is 18.9. The third-order valence-corrected chi connectivity index (χ3v) is 4.69. The number of amides is 3. The Bertz CT molecular complexity index is 523. The van der Waals surface area contributed by atoms with Crippen molar-refractivity contribution < 1.29 is 24.6 Å². The molecule has 130 valence electrons. The van der Waals surface area contributed by atoms with Crippen molar-refractivity contribution in [3.63, 3.8) is 0 Å². The van der Waals surface area contributed by atoms with Crippen LogP contribution in [0.5, 0.6) is 0 Å². The van der Waals surface area contributed by atoms with Gasteiger partial charge in [0.15, 0.2) is 0 Å². The molecule has 0 radical (unpaired) electrons. The molecule has 0 aromatic carbocycles. The van der Waals surface area contributed by atoms with Gasteiger partial charge in [0.1, 0.15) is 17.6 Å². The van der Waals surface area contributed by atoms with E-state index in [1.165, 1.54) is 18.7 Å². The summed E-state index contributed by atoms with van der Waals surface area (Å²) >= 11 is 0. The number of rotatable bonds is 4. The van der Waals surface area contributed by atoms with E-state index in [0.717, 1.165) is 4.90 Å². The Morgan fingerprint density at radius 2 is 1.65 bits per heavy atom. The van der Waals surface area contributed by atoms with Crippen molar-refractivity contribution in [2.24, 2.45) is 11.5 Å². The molecule has 1 unspecified atom stereocenters. The third kappa shape index (κ3) is 2.74. The average Bonchev–Trinajstić information content (AvgIpc) is 2.95. The molecule has 3 amide bonds. The molecule has 5 atom stereocenters. The van der Waals surface area contributed by atoms with Crippen molar-refractivity contribution in [1.82, 2.24) is 9.80 Å². The molecule has 6 N–H and O–H groups in total. The number of imide groups is 1. The van der Waals surface area contributed by atoms with Crippen molar-refractivity contribution in [3.8, 4) is 0 Å². The third-order valence-electron chi connectivity index (χ3n) is 4.69. The van der Waals surface area contributed by atoms with Crippen molar-refractivity contribution >= 4 is 17.7 Å². The molecular weight excluding hydrogens is 304 g/mol. The number of hydrogen-bond donors (Lipinski definition) is 4. The normalized spacial score (nSPS) is 29.2. The predicted molar refractivity (Wildman–Crippen MR) is 79.7 cm³/mol. The summed E-state index contributed by atoms with van der Waals surface area (Å²) in [4.78, 5) is 39.3. The van der Waals surface area contributed by atoms with Gasteiger partial charge in [0.2, 0.25) is 11.8 Å². The molecule has 23 heavy (non-hydrogen) atoms. The summed E-state index contributed by atoms with van der Waals surface area (Å²) in [5.74, 6) is -1.66. The maximum atomic E-state index is 12.5. The highest BCUT2D eigenvalue weighted by atomic mass is 16.3. The van der Waals surface area contributed by atoms with Gasteiger partial charge in [0.05, 0.1) is 18.8 Å². The van der Waals surface area contributed by atoms with E-state index >= 15 is 0 Å². The first-order valence-corrected chi connectivity index (χ1v) is 7.68. The zero-order chi connectivity index (χ0) is 17.5. The maximum absolute atomic E-state index is 12.5. The second-order valence-electron chi connectivity index (χ2n) is 6.39. The molecule has 2 saturated heterocycles. The van der Waals surface area contributed by atoms with Gasteiger partial charge >= 0.3 is 0 Å². The molecule has 0 aliphatic carbocycles. The Balaban J connectivity index is 2.13. The van der Waals surface area contributed by atoms with Crippen LogP contribution in [0.15, 0.2) is 0 Å². The number of β-lactam (4-membered cyclic amide) rings is 1. The van der Waals surface area contributed by atoms with Gasteiger partial charge in [-0.15, -0.1) is 0 Å². The van der Waals surface area contributed by atoms with E-state index in [2.05, 4.69) is 0 Å². The molecule has 2 rings (SSSR count). The number of nitrogens with two attached hydrogens (primary N) is 2. The van der Waals surface area contributed by atoms with Gasteiger partial charge < -0.3 is 26.6 Å². The smallest absolute Gasteiger partial charge is 0.257 e. The Hall–Kier alpha value is -1.55. The van der Waals surface area contributed by atoms with Gasteiger partial charge in [-0.2, -0.15) is 0 Å². The minimum absolute atomic E-state index is 0.0450. The number of carbonyl (C=O) groups is 3. The molecule has 0 saturated carbocycles. The molecular formula is C14H24N4O5. The molecule has 2 aliphatic heterocycles. The van der Waals surface area contributed by atoms with E-state index in [0.29, 0.717) is 19.4 Å². The molecule has 0 aromatic rings. The lowest BCUT2D eigenvalue weighted by Gasteiger charge is -2.51. The van der Waals surface area contributed by atoms with Gasteiger partial charge in [0, 0.05) is 6.54 Å². The van der Waals surface area contributed by atoms with Crippen LogP contribution in [0.4, 0.5) is 0 Å². The van der Waals surface area contributed by atoms with Gasteiger partial charge in [-0.1, -0.05) is 0 Å². The van der Waals surface area contributed by atoms with Crippen molar-refractivity contribution in [2.75, 3.05) is 13.1 Å². The monoisotopic (exact) mass is 328 g/mol. The minimum atomic E-state index is -1.18. The van der Waals surface area contributed by atoms with Gasteiger partial charge in [-0.3, -0.25) is 19.3 Å². The summed E-state index contributed by atoms with van der Waals surface area (Å²) in [6.45, 7) is 3.18. The summed E-state index contributed by atoms with van der Waals surface area (Å²) in [5.41, 5.74) is 10.2. The van der Waals surface area contributed by atoms with Gasteiger partial charge in [0.25, 0.3) is 5.91 Å². The Kier molecular flexibility index (Phi) is 4.76. The SMILES string of the molecule is C[C@@H](O)[C@H](N)C(=O)N1CC2(CCCN2C(=O)[C@@H](N)[C@@H](C)O)C1=O. The van der Waals surface area contributed by atoms with Crippen molar-refractivity contribution in [3.05, 3.63) is 0 Å². The Morgan fingerprint density at radius 3 is 2.13 bits per heavy atom. The van der Waals surface area contributed by atoms with E-state index in [1.807, 2.05) is 0 Å². The summed E-state index contributed by atoms with van der Waals surface area (Å²) in [7, 11) is 0. The molecule has 9 heteroatoms. The largest absolute Gasteiger partial charge is 0.391 e. The number of hydrogen-bond acceptors (Lipinski definition) is 7. The number of carbonyl (C=O) groups excluding carboxylic acids is 3.